The number of carbonyl (C=O) groups is 17. The number of primary amides is 2. The molecule has 16 amide bonds. The minimum atomic E-state index is -2.58. The summed E-state index contributed by atoms with van der Waals surface area (Å²) in [5.74, 6) is -18.0. The number of ether oxygens (including phenoxy) is 11. The Balaban J connectivity index is 1.09. The number of rotatable bonds is 54. The van der Waals surface area contributed by atoms with Gasteiger partial charge in [-0.2, -0.15) is 0 Å². The van der Waals surface area contributed by atoms with Crippen LogP contribution in [0.15, 0.2) is 47.5 Å². The number of hydrogen-bond acceptors (Lipinski definition) is 32. The molecule has 51 heteroatoms. The number of anilines is 1. The number of piperidine rings is 1. The number of methoxy groups -OCH3 is 1. The Kier molecular flexibility index (Phi) is 51.8. The Bertz CT molecular complexity index is 4720. The Labute approximate surface area is 830 Å². The number of aliphatic carboxylic acids is 1. The molecule has 4 aliphatic heterocycles. The fourth-order valence-electron chi connectivity index (χ4n) is 15.5. The van der Waals surface area contributed by atoms with E-state index in [-0.39, 0.29) is 170 Å². The van der Waals surface area contributed by atoms with E-state index in [1.165, 1.54) is 49.2 Å². The van der Waals surface area contributed by atoms with E-state index in [1.807, 2.05) is 0 Å². The molecule has 0 saturated carbocycles. The average molecular weight is 2050 g/mol. The van der Waals surface area contributed by atoms with Gasteiger partial charge in [-0.05, 0) is 72.9 Å². The van der Waals surface area contributed by atoms with Gasteiger partial charge in [-0.25, -0.2) is 14.4 Å². The van der Waals surface area contributed by atoms with Crippen molar-refractivity contribution in [2.75, 3.05) is 203 Å². The van der Waals surface area contributed by atoms with Crippen molar-refractivity contribution in [3.63, 3.8) is 0 Å². The standard InChI is InChI=1S/C92H141N17O33S/c1-8-56(4)79-84(122)97-49-75(116)99-69-54-143(131)87-65(48-68(81(119)96-50-76(117)104-79)101-86(124)80(57(5)72(113)52-110)105-83(121)70-46-62(111)51-109(70)88(125)60(44-71(69)112)45-73(93)114)64-16-15-63(47-67(64)102-87)142-91(129)106(6)24-25-108(26-29-135-34-37-139-42-40-138-36-33-134-28-20-77(118)107-22-17-59(18-23-107)89(126)127)92(130)141-53-58-11-13-61(14-12-58)98-82(120)66(10-9-21-95-90(94)128)100-85(123)78(55(2)3)103-74(115)19-27-133-32-35-137-41-43-140-39-38-136-31-30-132-7/h11-16,47,55-57,59-60,62,66,68-70,72,78-80,102,110-111,113H,8-10,17-46,48-54H2,1-7H3,(H2,93,114)(H,96,119)(H,97,122)(H,98,120)(H,99,116)(H,100,123)(H,101,124)(H,103,115)(H,104,117)(H,105,121)(H,126,127)(H3,94,95,128)/t56-,57-,60-,62+,66-,68+,69-,70-,72-,78-,79-,80-,143?/m0/s1. The second kappa shape index (κ2) is 62.7. The van der Waals surface area contributed by atoms with Gasteiger partial charge in [0.1, 0.15) is 53.6 Å². The minimum Gasteiger partial charge on any atom is -0.481 e. The molecule has 0 radical (unpaired) electrons. The SMILES string of the molecule is CC[C@H](C)[C@@H]1NC(=O)CNC(=O)[C@H]2Cc3c([nH]c4cc(OC(=O)N(C)CCN(CCOCCOCCOCCOCCC(=O)N5CCC(C(=O)O)CC5)C(=O)OCc5ccc(NC(=O)[C@H](CCCNC(N)=O)NC(=O)[C@@H](NC(=O)CCOCCOCCOCCOCCOC)C(C)C)cc5)ccc34)S(=O)C[C@H](NC(=O)CNC1=O)C(=O)C[C@@H](CC(N)=O)C(=O)N1C[C@H](O)C[C@H]1C(=O)N[C@@H]([C@@H](C)[C@@H](O)CO)C(=O)N2. The lowest BCUT2D eigenvalue weighted by Crippen LogP contribution is -2.61. The molecular weight excluding hydrogens is 1900 g/mol. The number of fused-ring (bicyclic) bond motifs is 5. The van der Waals surface area contributed by atoms with E-state index >= 15 is 9.00 Å². The number of nitrogens with one attached hydrogen (secondary N) is 11. The number of ketones is 1. The lowest BCUT2D eigenvalue weighted by molar-refractivity contribution is -0.146. The minimum absolute atomic E-state index is 0.0117. The van der Waals surface area contributed by atoms with Gasteiger partial charge in [-0.15, -0.1) is 0 Å². The van der Waals surface area contributed by atoms with Crippen LogP contribution >= 0.6 is 0 Å². The van der Waals surface area contributed by atoms with E-state index in [2.05, 4.69) is 58.2 Å². The third-order valence-corrected chi connectivity index (χ3v) is 25.5. The number of H-pyrrole nitrogens is 1. The quantitative estimate of drug-likeness (QED) is 0.0243. The molecule has 143 heavy (non-hydrogen) atoms. The van der Waals surface area contributed by atoms with Gasteiger partial charge < -0.3 is 162 Å². The molecule has 13 atom stereocenters. The van der Waals surface area contributed by atoms with Crippen molar-refractivity contribution in [2.24, 2.45) is 41.1 Å². The number of hydrogen-bond donors (Lipinski definition) is 17. The number of carbonyl (C=O) groups excluding carboxylic acids is 16. The smallest absolute Gasteiger partial charge is 0.415 e. The van der Waals surface area contributed by atoms with Crippen molar-refractivity contribution in [3.05, 3.63) is 53.6 Å². The predicted octanol–water partition coefficient (Wildman–Crippen LogP) is -3.57. The van der Waals surface area contributed by atoms with E-state index in [0.29, 0.717) is 77.6 Å². The fourth-order valence-corrected chi connectivity index (χ4v) is 17.0. The summed E-state index contributed by atoms with van der Waals surface area (Å²) in [5.41, 5.74) is 11.6. The van der Waals surface area contributed by atoms with Crippen LogP contribution in [0.5, 0.6) is 5.75 Å². The first kappa shape index (κ1) is 118. The van der Waals surface area contributed by atoms with Crippen molar-refractivity contribution in [1.82, 2.24) is 72.4 Å². The van der Waals surface area contributed by atoms with E-state index in [1.54, 1.807) is 51.8 Å². The van der Waals surface area contributed by atoms with E-state index in [0.717, 1.165) is 9.80 Å². The topological polar surface area (TPSA) is 691 Å². The van der Waals surface area contributed by atoms with Gasteiger partial charge in [-0.1, -0.05) is 53.2 Å². The van der Waals surface area contributed by atoms with Crippen LogP contribution in [-0.2, 0) is 138 Å². The number of amides is 16. The van der Waals surface area contributed by atoms with Gasteiger partial charge in [0.05, 0.1) is 191 Å². The van der Waals surface area contributed by atoms with Crippen LogP contribution in [-0.4, -0.2) is 402 Å². The number of urea groups is 1. The van der Waals surface area contributed by atoms with Crippen molar-refractivity contribution in [1.29, 1.82) is 0 Å². The summed E-state index contributed by atoms with van der Waals surface area (Å²) in [4.78, 5) is 242. The van der Waals surface area contributed by atoms with Gasteiger partial charge in [0.25, 0.3) is 0 Å². The zero-order chi connectivity index (χ0) is 105. The summed E-state index contributed by atoms with van der Waals surface area (Å²) >= 11 is 0. The van der Waals surface area contributed by atoms with E-state index < -0.39 is 248 Å². The molecule has 0 aliphatic carbocycles. The molecule has 7 rings (SSSR count). The van der Waals surface area contributed by atoms with Gasteiger partial charge in [0.2, 0.25) is 70.9 Å². The maximum Gasteiger partial charge on any atom is 0.415 e. The summed E-state index contributed by atoms with van der Waals surface area (Å²) in [7, 11) is 0.352. The number of benzene rings is 2. The highest BCUT2D eigenvalue weighted by atomic mass is 32.2. The third-order valence-electron chi connectivity index (χ3n) is 24.0. The van der Waals surface area contributed by atoms with Crippen molar-refractivity contribution in [2.45, 2.75) is 171 Å². The predicted molar refractivity (Wildman–Crippen MR) is 507 cm³/mol. The number of likely N-dealkylation sites (tertiary alicyclic amines) is 1. The summed E-state index contributed by atoms with van der Waals surface area (Å²) in [6, 6.07) is -1.63. The van der Waals surface area contributed by atoms with Crippen molar-refractivity contribution in [3.8, 4) is 5.75 Å². The van der Waals surface area contributed by atoms with Crippen molar-refractivity contribution < 1.29 is 158 Å². The molecule has 4 aliphatic rings. The molecule has 5 heterocycles. The number of aliphatic hydroxyl groups is 3. The first-order chi connectivity index (χ1) is 68.4. The van der Waals surface area contributed by atoms with Crippen LogP contribution in [0.2, 0.25) is 0 Å². The molecule has 1 aromatic heterocycles. The Morgan fingerprint density at radius 1 is 0.650 bits per heavy atom. The number of aromatic nitrogens is 1. The summed E-state index contributed by atoms with van der Waals surface area (Å²) in [5, 5.41) is 67.1. The lowest BCUT2D eigenvalue weighted by atomic mass is 9.93. The van der Waals surface area contributed by atoms with Gasteiger partial charge in [0, 0.05) is 115 Å². The van der Waals surface area contributed by atoms with E-state index in [4.69, 9.17) is 63.6 Å². The molecule has 19 N–H and O–H groups in total. The molecule has 2 aromatic carbocycles. The maximum atomic E-state index is 15.5. The first-order valence-corrected chi connectivity index (χ1v) is 49.1. The Morgan fingerprint density at radius 3 is 1.83 bits per heavy atom. The van der Waals surface area contributed by atoms with Crippen molar-refractivity contribution >= 4 is 128 Å². The third kappa shape index (κ3) is 40.8. The molecule has 50 nitrogen and oxygen atoms in total. The second-order valence-electron chi connectivity index (χ2n) is 35.1. The zero-order valence-corrected chi connectivity index (χ0v) is 82.7. The zero-order valence-electron chi connectivity index (χ0n) is 81.9. The molecule has 2 saturated heterocycles. The number of carboxylic acids is 1. The number of aliphatic hydroxyl groups excluding tert-OH is 3. The molecule has 3 aromatic rings. The van der Waals surface area contributed by atoms with Gasteiger partial charge in [0.15, 0.2) is 5.78 Å². The highest BCUT2D eigenvalue weighted by Gasteiger charge is 2.46. The molecular formula is C92H141N17O33S. The monoisotopic (exact) mass is 2040 g/mol. The van der Waals surface area contributed by atoms with Crippen LogP contribution in [0.1, 0.15) is 110 Å². The number of Topliss-reactive ketones (excluding diaryl/α,β-unsaturated/α-hetero) is 1. The first-order valence-electron chi connectivity index (χ1n) is 47.8. The largest absolute Gasteiger partial charge is 0.481 e. The Hall–Kier alpha value is -11.8. The summed E-state index contributed by atoms with van der Waals surface area (Å²) in [6.07, 6.45) is -6.69. The van der Waals surface area contributed by atoms with Crippen LogP contribution in [0.4, 0.5) is 20.1 Å². The van der Waals surface area contributed by atoms with Crippen LogP contribution < -0.4 is 69.4 Å². The fraction of sp³-hybridized carbons (Fsp3) is 0.663. The Morgan fingerprint density at radius 2 is 1.24 bits per heavy atom. The summed E-state index contributed by atoms with van der Waals surface area (Å²) in [6.45, 7) is 8.47. The second-order valence-corrected chi connectivity index (χ2v) is 36.6. The lowest BCUT2D eigenvalue weighted by Gasteiger charge is -2.32. The number of carboxylic acid groups (broad SMARTS) is 1. The number of likely N-dealkylation sites (N-methyl/N-ethyl adjacent to an activating group) is 1. The van der Waals surface area contributed by atoms with Crippen LogP contribution in [0.3, 0.4) is 0 Å². The highest BCUT2D eigenvalue weighted by molar-refractivity contribution is 7.85. The van der Waals surface area contributed by atoms with Gasteiger partial charge in [-0.3, -0.25) is 71.3 Å². The maximum absolute atomic E-state index is 15.5. The number of nitrogens with zero attached hydrogens (tertiary/aromatic N) is 4. The molecule has 798 valence electrons. The van der Waals surface area contributed by atoms with Gasteiger partial charge >= 0.3 is 24.2 Å². The highest BCUT2D eigenvalue weighted by Crippen LogP contribution is 2.33. The molecule has 1 unspecified atom stereocenters. The normalized spacial score (nSPS) is 20.3. The molecule has 2 fully saturated rings. The average Bonchev–Trinajstić information content (AvgIpc) is 1.63. The molecule has 2 bridgehead atoms. The molecule has 0 spiro atoms. The van der Waals surface area contributed by atoms with Crippen LogP contribution in [0, 0.1) is 29.6 Å². The summed E-state index contributed by atoms with van der Waals surface area (Å²) < 4.78 is 76.7. The number of aromatic amines is 1. The van der Waals surface area contributed by atoms with Crippen LogP contribution in [0.25, 0.3) is 10.9 Å². The van der Waals surface area contributed by atoms with E-state index in [9.17, 15) is 97.1 Å². The number of nitrogens with two attached hydrogens (primary N) is 2.